The Bertz CT molecular complexity index is 870. The topological polar surface area (TPSA) is 52.4 Å². The molecule has 0 saturated carbocycles. The van der Waals surface area contributed by atoms with Gasteiger partial charge in [-0.05, 0) is 36.9 Å². The maximum Gasteiger partial charge on any atom is 0.191 e. The third-order valence-corrected chi connectivity index (χ3v) is 5.23. The van der Waals surface area contributed by atoms with Gasteiger partial charge in [0.1, 0.15) is 17.3 Å². The average Bonchev–Trinajstić information content (AvgIpc) is 3.05. The van der Waals surface area contributed by atoms with Crippen LogP contribution in [0.25, 0.3) is 0 Å². The van der Waals surface area contributed by atoms with Crippen molar-refractivity contribution in [3.8, 4) is 11.5 Å². The standard InChI is InChI=1S/C21H26N4O2S/c1-24(15-17-8-7-11-19(14-17)26-3)16-20-22-23-21(25(20)2)28-13-12-27-18-9-5-4-6-10-18/h4-11,14H,12-13,15-16H2,1-3H3. The summed E-state index contributed by atoms with van der Waals surface area (Å²) in [6.45, 7) is 2.17. The van der Waals surface area contributed by atoms with Crippen LogP contribution in [0.3, 0.4) is 0 Å². The summed E-state index contributed by atoms with van der Waals surface area (Å²) in [4.78, 5) is 2.21. The lowest BCUT2D eigenvalue weighted by Crippen LogP contribution is -2.19. The van der Waals surface area contributed by atoms with Gasteiger partial charge >= 0.3 is 0 Å². The molecule has 1 heterocycles. The number of aromatic nitrogens is 3. The molecule has 0 atom stereocenters. The van der Waals surface area contributed by atoms with Gasteiger partial charge in [-0.1, -0.05) is 42.1 Å². The Kier molecular flexibility index (Phi) is 7.33. The normalized spacial score (nSPS) is 11.0. The van der Waals surface area contributed by atoms with Gasteiger partial charge in [0, 0.05) is 19.3 Å². The van der Waals surface area contributed by atoms with Crippen LogP contribution in [0.2, 0.25) is 0 Å². The van der Waals surface area contributed by atoms with Gasteiger partial charge in [-0.25, -0.2) is 0 Å². The van der Waals surface area contributed by atoms with Gasteiger partial charge < -0.3 is 14.0 Å². The van der Waals surface area contributed by atoms with Crippen LogP contribution < -0.4 is 9.47 Å². The van der Waals surface area contributed by atoms with E-state index in [0.29, 0.717) is 6.61 Å². The zero-order chi connectivity index (χ0) is 19.8. The van der Waals surface area contributed by atoms with Crippen LogP contribution in [0.15, 0.2) is 59.8 Å². The van der Waals surface area contributed by atoms with Crippen LogP contribution in [0.4, 0.5) is 0 Å². The number of rotatable bonds is 10. The Hall–Kier alpha value is -2.51. The molecule has 3 rings (SSSR count). The fourth-order valence-corrected chi connectivity index (χ4v) is 3.54. The highest BCUT2D eigenvalue weighted by molar-refractivity contribution is 7.99. The van der Waals surface area contributed by atoms with Crippen LogP contribution in [0, 0.1) is 0 Å². The van der Waals surface area contributed by atoms with Gasteiger partial charge in [0.15, 0.2) is 5.16 Å². The molecule has 0 amide bonds. The van der Waals surface area contributed by atoms with Gasteiger partial charge in [-0.15, -0.1) is 10.2 Å². The van der Waals surface area contributed by atoms with Gasteiger partial charge in [0.25, 0.3) is 0 Å². The molecular weight excluding hydrogens is 372 g/mol. The van der Waals surface area contributed by atoms with E-state index in [1.807, 2.05) is 49.5 Å². The second-order valence-electron chi connectivity index (χ2n) is 6.49. The number of para-hydroxylation sites is 1. The first kappa shape index (κ1) is 20.2. The summed E-state index contributed by atoms with van der Waals surface area (Å²) in [6, 6.07) is 18.0. The summed E-state index contributed by atoms with van der Waals surface area (Å²) in [7, 11) is 5.77. The molecule has 3 aromatic rings. The molecule has 28 heavy (non-hydrogen) atoms. The van der Waals surface area contributed by atoms with Crippen molar-refractivity contribution >= 4 is 11.8 Å². The van der Waals surface area contributed by atoms with E-state index in [0.717, 1.165) is 41.3 Å². The smallest absolute Gasteiger partial charge is 0.191 e. The van der Waals surface area contributed by atoms with Gasteiger partial charge in [-0.2, -0.15) is 0 Å². The maximum absolute atomic E-state index is 5.73. The first-order chi connectivity index (χ1) is 13.7. The van der Waals surface area contributed by atoms with Gasteiger partial charge in [0.05, 0.1) is 20.3 Å². The highest BCUT2D eigenvalue weighted by Gasteiger charge is 2.12. The summed E-state index contributed by atoms with van der Waals surface area (Å²) in [5.74, 6) is 3.53. The summed E-state index contributed by atoms with van der Waals surface area (Å²) in [5, 5.41) is 9.58. The quantitative estimate of drug-likeness (QED) is 0.384. The molecule has 0 aliphatic rings. The predicted octanol–water partition coefficient (Wildman–Crippen LogP) is 3.63. The second-order valence-corrected chi connectivity index (χ2v) is 7.55. The monoisotopic (exact) mass is 398 g/mol. The van der Waals surface area contributed by atoms with Crippen molar-refractivity contribution in [3.63, 3.8) is 0 Å². The maximum atomic E-state index is 5.73. The Morgan fingerprint density at radius 2 is 1.79 bits per heavy atom. The number of hydrogen-bond donors (Lipinski definition) is 0. The molecule has 0 radical (unpaired) electrons. The number of hydrogen-bond acceptors (Lipinski definition) is 6. The lowest BCUT2D eigenvalue weighted by molar-refractivity contribution is 0.305. The predicted molar refractivity (Wildman–Crippen MR) is 112 cm³/mol. The SMILES string of the molecule is COc1cccc(CN(C)Cc2nnc(SCCOc3ccccc3)n2C)c1. The van der Waals surface area contributed by atoms with Crippen molar-refractivity contribution in [2.24, 2.45) is 7.05 Å². The summed E-state index contributed by atoms with van der Waals surface area (Å²) < 4.78 is 13.1. The van der Waals surface area contributed by atoms with Crippen LogP contribution in [0.5, 0.6) is 11.5 Å². The van der Waals surface area contributed by atoms with E-state index in [1.165, 1.54) is 5.56 Å². The fraction of sp³-hybridized carbons (Fsp3) is 0.333. The van der Waals surface area contributed by atoms with Crippen LogP contribution in [-0.4, -0.2) is 46.2 Å². The van der Waals surface area contributed by atoms with Crippen LogP contribution in [0.1, 0.15) is 11.4 Å². The molecule has 0 aliphatic heterocycles. The van der Waals surface area contributed by atoms with Gasteiger partial charge in [0.2, 0.25) is 0 Å². The Balaban J connectivity index is 1.48. The second kappa shape index (κ2) is 10.1. The minimum Gasteiger partial charge on any atom is -0.497 e. The van der Waals surface area contributed by atoms with Gasteiger partial charge in [-0.3, -0.25) is 4.90 Å². The largest absolute Gasteiger partial charge is 0.497 e. The molecule has 0 aliphatic carbocycles. The third-order valence-electron chi connectivity index (χ3n) is 4.25. The molecule has 148 valence electrons. The number of thioether (sulfide) groups is 1. The Morgan fingerprint density at radius 3 is 2.57 bits per heavy atom. The van der Waals surface area contributed by atoms with Crippen LogP contribution >= 0.6 is 11.8 Å². The number of benzene rings is 2. The molecule has 0 spiro atoms. The van der Waals surface area contributed by atoms with Crippen LogP contribution in [-0.2, 0) is 20.1 Å². The molecule has 0 N–H and O–H groups in total. The zero-order valence-electron chi connectivity index (χ0n) is 16.5. The molecule has 0 fully saturated rings. The number of nitrogens with zero attached hydrogens (tertiary/aromatic N) is 4. The van der Waals surface area contributed by atoms with E-state index in [1.54, 1.807) is 18.9 Å². The molecule has 6 nitrogen and oxygen atoms in total. The zero-order valence-corrected chi connectivity index (χ0v) is 17.4. The van der Waals surface area contributed by atoms with E-state index >= 15 is 0 Å². The molecule has 0 saturated heterocycles. The first-order valence-corrected chi connectivity index (χ1v) is 10.1. The average molecular weight is 399 g/mol. The Labute approximate surface area is 170 Å². The lowest BCUT2D eigenvalue weighted by Gasteiger charge is -2.16. The van der Waals surface area contributed by atoms with E-state index in [4.69, 9.17) is 9.47 Å². The lowest BCUT2D eigenvalue weighted by atomic mass is 10.2. The highest BCUT2D eigenvalue weighted by atomic mass is 32.2. The van der Waals surface area contributed by atoms with Crippen molar-refractivity contribution in [2.75, 3.05) is 26.5 Å². The van der Waals surface area contributed by atoms with Crippen molar-refractivity contribution in [3.05, 3.63) is 66.0 Å². The van der Waals surface area contributed by atoms with E-state index in [2.05, 4.69) is 38.8 Å². The third kappa shape index (κ3) is 5.74. The van der Waals surface area contributed by atoms with E-state index in [-0.39, 0.29) is 0 Å². The molecule has 0 unspecified atom stereocenters. The summed E-state index contributed by atoms with van der Waals surface area (Å²) in [5.41, 5.74) is 1.21. The van der Waals surface area contributed by atoms with Crippen molar-refractivity contribution in [1.29, 1.82) is 0 Å². The summed E-state index contributed by atoms with van der Waals surface area (Å²) >= 11 is 1.65. The molecule has 1 aromatic heterocycles. The molecule has 0 bridgehead atoms. The minimum atomic E-state index is 0.632. The summed E-state index contributed by atoms with van der Waals surface area (Å²) in [6.07, 6.45) is 0. The molecule has 7 heteroatoms. The number of methoxy groups -OCH3 is 1. The fourth-order valence-electron chi connectivity index (χ4n) is 2.80. The molecular formula is C21H26N4O2S. The van der Waals surface area contributed by atoms with Crippen molar-refractivity contribution in [1.82, 2.24) is 19.7 Å². The van der Waals surface area contributed by atoms with Crippen molar-refractivity contribution in [2.45, 2.75) is 18.2 Å². The van der Waals surface area contributed by atoms with E-state index in [9.17, 15) is 0 Å². The highest BCUT2D eigenvalue weighted by Crippen LogP contribution is 2.18. The minimum absolute atomic E-state index is 0.632. The first-order valence-electron chi connectivity index (χ1n) is 9.16. The number of ether oxygens (including phenoxy) is 2. The van der Waals surface area contributed by atoms with E-state index < -0.39 is 0 Å². The Morgan fingerprint density at radius 1 is 1.00 bits per heavy atom. The molecule has 2 aromatic carbocycles. The van der Waals surface area contributed by atoms with Crippen molar-refractivity contribution < 1.29 is 9.47 Å².